The number of hydrogen-bond acceptors (Lipinski definition) is 3. The first-order valence-electron chi connectivity index (χ1n) is 6.02. The predicted octanol–water partition coefficient (Wildman–Crippen LogP) is 0.798. The molecule has 2 fully saturated rings. The molecule has 1 aliphatic carbocycles. The van der Waals surface area contributed by atoms with Crippen molar-refractivity contribution in [2.24, 2.45) is 5.41 Å². The summed E-state index contributed by atoms with van der Waals surface area (Å²) in [4.78, 5) is 0. The van der Waals surface area contributed by atoms with Crippen LogP contribution in [0.4, 0.5) is 0 Å². The Hall–Kier alpha value is -0.130. The quantitative estimate of drug-likeness (QED) is 0.801. The van der Waals surface area contributed by atoms with Gasteiger partial charge in [-0.2, -0.15) is 0 Å². The van der Waals surface area contributed by atoms with E-state index in [0.717, 1.165) is 25.8 Å². The smallest absolute Gasteiger partial charge is 0.211 e. The van der Waals surface area contributed by atoms with Gasteiger partial charge in [0.2, 0.25) is 10.0 Å². The third kappa shape index (κ3) is 2.41. The van der Waals surface area contributed by atoms with Gasteiger partial charge in [0.05, 0.1) is 6.26 Å². The molecule has 2 rings (SSSR count). The van der Waals surface area contributed by atoms with E-state index in [1.807, 2.05) is 0 Å². The van der Waals surface area contributed by atoms with Gasteiger partial charge in [-0.05, 0) is 24.7 Å². The Bertz CT molecular complexity index is 358. The van der Waals surface area contributed by atoms with Gasteiger partial charge in [-0.25, -0.2) is 12.7 Å². The molecule has 5 heteroatoms. The lowest BCUT2D eigenvalue weighted by Crippen LogP contribution is -2.52. The van der Waals surface area contributed by atoms with E-state index in [0.29, 0.717) is 18.6 Å². The van der Waals surface area contributed by atoms with Gasteiger partial charge in [0, 0.05) is 25.2 Å². The maximum absolute atomic E-state index is 11.4. The third-order valence-electron chi connectivity index (χ3n) is 3.80. The topological polar surface area (TPSA) is 49.4 Å². The molecule has 16 heavy (non-hydrogen) atoms. The van der Waals surface area contributed by atoms with Crippen molar-refractivity contribution < 1.29 is 8.42 Å². The maximum atomic E-state index is 11.4. The van der Waals surface area contributed by atoms with Gasteiger partial charge in [-0.15, -0.1) is 0 Å². The van der Waals surface area contributed by atoms with Crippen LogP contribution in [0, 0.1) is 5.41 Å². The van der Waals surface area contributed by atoms with Crippen molar-refractivity contribution in [3.8, 4) is 0 Å². The van der Waals surface area contributed by atoms with Crippen LogP contribution in [0.25, 0.3) is 0 Å². The molecule has 0 aromatic carbocycles. The maximum Gasteiger partial charge on any atom is 0.211 e. The zero-order valence-electron chi connectivity index (χ0n) is 10.4. The average Bonchev–Trinajstić information content (AvgIpc) is 2.45. The minimum absolute atomic E-state index is 0.287. The molecule has 0 unspecified atom stereocenters. The highest BCUT2D eigenvalue weighted by atomic mass is 32.2. The summed E-state index contributed by atoms with van der Waals surface area (Å²) < 4.78 is 24.5. The monoisotopic (exact) mass is 246 g/mol. The highest BCUT2D eigenvalue weighted by molar-refractivity contribution is 7.88. The van der Waals surface area contributed by atoms with E-state index in [4.69, 9.17) is 0 Å². The zero-order valence-corrected chi connectivity index (χ0v) is 11.2. The van der Waals surface area contributed by atoms with E-state index in [-0.39, 0.29) is 5.41 Å². The fourth-order valence-electron chi connectivity index (χ4n) is 3.09. The first-order valence-corrected chi connectivity index (χ1v) is 7.87. The first-order chi connectivity index (χ1) is 7.31. The van der Waals surface area contributed by atoms with Crippen LogP contribution < -0.4 is 5.32 Å². The van der Waals surface area contributed by atoms with Crippen LogP contribution in [0.1, 0.15) is 33.1 Å². The van der Waals surface area contributed by atoms with Gasteiger partial charge in [-0.3, -0.25) is 0 Å². The molecule has 0 aromatic heterocycles. The number of rotatable bonds is 3. The van der Waals surface area contributed by atoms with Crippen molar-refractivity contribution in [1.82, 2.24) is 9.62 Å². The molecule has 0 amide bonds. The molecule has 1 saturated heterocycles. The zero-order chi connectivity index (χ0) is 12.0. The standard InChI is InChI=1S/C11H22N2O2S/c1-9(2)12-10-6-11(7-10)4-5-13(8-11)16(3,14)15/h9-10,12H,4-8H2,1-3H3. The lowest BCUT2D eigenvalue weighted by atomic mass is 9.65. The summed E-state index contributed by atoms with van der Waals surface area (Å²) in [7, 11) is -2.98. The Labute approximate surface area is 98.4 Å². The normalized spacial score (nSPS) is 35.9. The van der Waals surface area contributed by atoms with Gasteiger partial charge >= 0.3 is 0 Å². The lowest BCUT2D eigenvalue weighted by Gasteiger charge is -2.46. The number of hydrogen-bond donors (Lipinski definition) is 1. The minimum Gasteiger partial charge on any atom is -0.312 e. The van der Waals surface area contributed by atoms with Crippen molar-refractivity contribution in [1.29, 1.82) is 0 Å². The van der Waals surface area contributed by atoms with Gasteiger partial charge in [0.15, 0.2) is 0 Å². The van der Waals surface area contributed by atoms with Gasteiger partial charge in [-0.1, -0.05) is 13.8 Å². The fourth-order valence-corrected chi connectivity index (χ4v) is 4.02. The molecule has 94 valence electrons. The molecule has 1 aliphatic heterocycles. The number of nitrogens with one attached hydrogen (secondary N) is 1. The van der Waals surface area contributed by atoms with E-state index in [1.54, 1.807) is 4.31 Å². The third-order valence-corrected chi connectivity index (χ3v) is 5.05. The molecule has 0 aromatic rings. The van der Waals surface area contributed by atoms with Crippen LogP contribution in [-0.4, -0.2) is 44.2 Å². The van der Waals surface area contributed by atoms with E-state index in [2.05, 4.69) is 19.2 Å². The van der Waals surface area contributed by atoms with Crippen molar-refractivity contribution in [3.05, 3.63) is 0 Å². The second kappa shape index (κ2) is 3.96. The Kier molecular flexibility index (Phi) is 3.05. The molecule has 0 radical (unpaired) electrons. The van der Waals surface area contributed by atoms with Crippen LogP contribution >= 0.6 is 0 Å². The Morgan fingerprint density at radius 3 is 2.44 bits per heavy atom. The van der Waals surface area contributed by atoms with Crippen LogP contribution in [0.3, 0.4) is 0 Å². The van der Waals surface area contributed by atoms with E-state index >= 15 is 0 Å². The lowest BCUT2D eigenvalue weighted by molar-refractivity contribution is 0.0934. The first kappa shape index (κ1) is 12.3. The molecule has 1 N–H and O–H groups in total. The summed E-state index contributed by atoms with van der Waals surface area (Å²) in [5.74, 6) is 0. The molecule has 1 saturated carbocycles. The molecule has 0 atom stereocenters. The van der Waals surface area contributed by atoms with Gasteiger partial charge in [0.1, 0.15) is 0 Å². The van der Waals surface area contributed by atoms with E-state index in [9.17, 15) is 8.42 Å². The van der Waals surface area contributed by atoms with Crippen molar-refractivity contribution in [2.45, 2.75) is 45.2 Å². The van der Waals surface area contributed by atoms with Crippen molar-refractivity contribution >= 4 is 10.0 Å². The molecule has 1 spiro atoms. The number of nitrogens with zero attached hydrogens (tertiary/aromatic N) is 1. The summed E-state index contributed by atoms with van der Waals surface area (Å²) in [6.45, 7) is 5.76. The Morgan fingerprint density at radius 2 is 2.00 bits per heavy atom. The predicted molar refractivity (Wildman–Crippen MR) is 64.8 cm³/mol. The summed E-state index contributed by atoms with van der Waals surface area (Å²) in [5, 5.41) is 3.52. The second-order valence-corrected chi connectivity index (χ2v) is 7.76. The summed E-state index contributed by atoms with van der Waals surface area (Å²) in [6, 6.07) is 1.12. The largest absolute Gasteiger partial charge is 0.312 e. The minimum atomic E-state index is -2.98. The van der Waals surface area contributed by atoms with Crippen molar-refractivity contribution in [2.75, 3.05) is 19.3 Å². The fraction of sp³-hybridized carbons (Fsp3) is 1.00. The van der Waals surface area contributed by atoms with Gasteiger partial charge < -0.3 is 5.32 Å². The molecule has 0 bridgehead atoms. The Balaban J connectivity index is 1.87. The van der Waals surface area contributed by atoms with E-state index < -0.39 is 10.0 Å². The van der Waals surface area contributed by atoms with Crippen LogP contribution in [0.5, 0.6) is 0 Å². The van der Waals surface area contributed by atoms with Crippen LogP contribution in [0.15, 0.2) is 0 Å². The van der Waals surface area contributed by atoms with Crippen LogP contribution in [0.2, 0.25) is 0 Å². The molecule has 1 heterocycles. The molecular formula is C11H22N2O2S. The van der Waals surface area contributed by atoms with Crippen molar-refractivity contribution in [3.63, 3.8) is 0 Å². The average molecular weight is 246 g/mol. The highest BCUT2D eigenvalue weighted by Crippen LogP contribution is 2.48. The SMILES string of the molecule is CC(C)NC1CC2(CCN(S(C)(=O)=O)C2)C1. The summed E-state index contributed by atoms with van der Waals surface area (Å²) in [5.41, 5.74) is 0.287. The molecular weight excluding hydrogens is 224 g/mol. The summed E-state index contributed by atoms with van der Waals surface area (Å²) >= 11 is 0. The highest BCUT2D eigenvalue weighted by Gasteiger charge is 2.49. The number of sulfonamides is 1. The second-order valence-electron chi connectivity index (χ2n) is 5.77. The van der Waals surface area contributed by atoms with Gasteiger partial charge in [0.25, 0.3) is 0 Å². The molecule has 4 nitrogen and oxygen atoms in total. The Morgan fingerprint density at radius 1 is 1.38 bits per heavy atom. The molecule has 2 aliphatic rings. The van der Waals surface area contributed by atoms with Crippen LogP contribution in [-0.2, 0) is 10.0 Å². The summed E-state index contributed by atoms with van der Waals surface area (Å²) in [6.07, 6.45) is 4.62. The van der Waals surface area contributed by atoms with E-state index in [1.165, 1.54) is 6.26 Å².